The van der Waals surface area contributed by atoms with Gasteiger partial charge in [0.1, 0.15) is 0 Å². The van der Waals surface area contributed by atoms with E-state index in [0.717, 1.165) is 38.9 Å². The minimum Gasteiger partial charge on any atom is -0.394 e. The number of hydrogen-bond donors (Lipinski definition) is 2. The minimum absolute atomic E-state index is 0.0289. The molecular weight excluding hydrogens is 216 g/mol. The Labute approximate surface area is 103 Å². The Balaban J connectivity index is 2.08. The SMILES string of the molecule is CC1CCN(C(=O)C2(C)CCCNC2)C1CO. The number of aliphatic hydroxyl groups excluding tert-OH is 1. The van der Waals surface area contributed by atoms with E-state index in [2.05, 4.69) is 19.2 Å². The molecule has 2 saturated heterocycles. The Morgan fingerprint density at radius 1 is 1.59 bits per heavy atom. The lowest BCUT2D eigenvalue weighted by Crippen LogP contribution is -2.52. The number of nitrogens with one attached hydrogen (secondary N) is 1. The summed E-state index contributed by atoms with van der Waals surface area (Å²) in [6, 6.07) is 0.0289. The number of hydrogen-bond acceptors (Lipinski definition) is 3. The maximum atomic E-state index is 12.6. The first-order valence-corrected chi connectivity index (χ1v) is 6.71. The van der Waals surface area contributed by atoms with Crippen LogP contribution in [-0.4, -0.2) is 48.2 Å². The maximum absolute atomic E-state index is 12.6. The van der Waals surface area contributed by atoms with Crippen molar-refractivity contribution in [3.8, 4) is 0 Å². The summed E-state index contributed by atoms with van der Waals surface area (Å²) in [4.78, 5) is 14.5. The van der Waals surface area contributed by atoms with Gasteiger partial charge in [-0.3, -0.25) is 4.79 Å². The number of aliphatic hydroxyl groups is 1. The van der Waals surface area contributed by atoms with Gasteiger partial charge in [0.25, 0.3) is 0 Å². The Hall–Kier alpha value is -0.610. The van der Waals surface area contributed by atoms with Gasteiger partial charge in [-0.05, 0) is 38.6 Å². The second kappa shape index (κ2) is 4.94. The number of amides is 1. The number of likely N-dealkylation sites (tertiary alicyclic amines) is 1. The molecule has 2 rings (SSSR count). The molecule has 0 spiro atoms. The number of nitrogens with zero attached hydrogens (tertiary/aromatic N) is 1. The summed E-state index contributed by atoms with van der Waals surface area (Å²) in [5.41, 5.74) is -0.268. The van der Waals surface area contributed by atoms with Crippen LogP contribution in [0.4, 0.5) is 0 Å². The van der Waals surface area contributed by atoms with Crippen LogP contribution in [0.15, 0.2) is 0 Å². The fourth-order valence-corrected chi connectivity index (χ4v) is 3.12. The largest absolute Gasteiger partial charge is 0.394 e. The molecule has 2 fully saturated rings. The van der Waals surface area contributed by atoms with Crippen molar-refractivity contribution >= 4 is 5.91 Å². The second-order valence-corrected chi connectivity index (χ2v) is 5.86. The third-order valence-corrected chi connectivity index (χ3v) is 4.44. The summed E-state index contributed by atoms with van der Waals surface area (Å²) in [6.07, 6.45) is 3.04. The molecule has 0 aromatic carbocycles. The Kier molecular flexibility index (Phi) is 3.73. The second-order valence-electron chi connectivity index (χ2n) is 5.86. The molecule has 1 amide bonds. The van der Waals surface area contributed by atoms with Crippen molar-refractivity contribution in [1.82, 2.24) is 10.2 Å². The Morgan fingerprint density at radius 3 is 2.94 bits per heavy atom. The summed E-state index contributed by atoms with van der Waals surface area (Å²) >= 11 is 0. The zero-order chi connectivity index (χ0) is 12.5. The van der Waals surface area contributed by atoms with Gasteiger partial charge < -0.3 is 15.3 Å². The van der Waals surface area contributed by atoms with Crippen LogP contribution in [0.2, 0.25) is 0 Å². The zero-order valence-electron chi connectivity index (χ0n) is 10.9. The van der Waals surface area contributed by atoms with Crippen molar-refractivity contribution in [2.45, 2.75) is 39.2 Å². The highest BCUT2D eigenvalue weighted by Gasteiger charge is 2.43. The molecule has 2 N–H and O–H groups in total. The van der Waals surface area contributed by atoms with Crippen LogP contribution in [0.5, 0.6) is 0 Å². The molecule has 0 saturated carbocycles. The Bertz CT molecular complexity index is 287. The van der Waals surface area contributed by atoms with Crippen molar-refractivity contribution in [2.24, 2.45) is 11.3 Å². The van der Waals surface area contributed by atoms with E-state index >= 15 is 0 Å². The van der Waals surface area contributed by atoms with Crippen molar-refractivity contribution in [2.75, 3.05) is 26.2 Å². The molecular formula is C13H24N2O2. The molecule has 4 nitrogen and oxygen atoms in total. The first-order chi connectivity index (χ1) is 8.08. The summed E-state index contributed by atoms with van der Waals surface area (Å²) < 4.78 is 0. The molecule has 3 unspecified atom stereocenters. The first-order valence-electron chi connectivity index (χ1n) is 6.71. The summed E-state index contributed by atoms with van der Waals surface area (Å²) in [5, 5.41) is 12.7. The first kappa shape index (κ1) is 12.8. The average Bonchev–Trinajstić information content (AvgIpc) is 2.70. The number of carbonyl (C=O) groups is 1. The van der Waals surface area contributed by atoms with Gasteiger partial charge in [0.05, 0.1) is 18.1 Å². The molecule has 0 aromatic rings. The van der Waals surface area contributed by atoms with Crippen molar-refractivity contribution in [3.05, 3.63) is 0 Å². The number of piperidine rings is 1. The highest BCUT2D eigenvalue weighted by molar-refractivity contribution is 5.83. The molecule has 0 aromatic heterocycles. The van der Waals surface area contributed by atoms with Crippen molar-refractivity contribution < 1.29 is 9.90 Å². The lowest BCUT2D eigenvalue weighted by molar-refractivity contribution is -0.144. The van der Waals surface area contributed by atoms with Gasteiger partial charge in [0.15, 0.2) is 0 Å². The quantitative estimate of drug-likeness (QED) is 0.743. The highest BCUT2D eigenvalue weighted by Crippen LogP contribution is 2.33. The third-order valence-electron chi connectivity index (χ3n) is 4.44. The molecule has 0 aliphatic carbocycles. The normalized spacial score (nSPS) is 38.4. The Morgan fingerprint density at radius 2 is 2.35 bits per heavy atom. The third kappa shape index (κ3) is 2.33. The van der Waals surface area contributed by atoms with E-state index in [1.807, 2.05) is 4.90 Å². The minimum atomic E-state index is -0.268. The fraction of sp³-hybridized carbons (Fsp3) is 0.923. The van der Waals surface area contributed by atoms with Gasteiger partial charge in [-0.25, -0.2) is 0 Å². The standard InChI is InChI=1S/C13H24N2O2/c1-10-4-7-15(11(10)8-16)12(17)13(2)5-3-6-14-9-13/h10-11,14,16H,3-9H2,1-2H3. The van der Waals surface area contributed by atoms with Gasteiger partial charge in [-0.15, -0.1) is 0 Å². The lowest BCUT2D eigenvalue weighted by atomic mass is 9.81. The predicted molar refractivity (Wildman–Crippen MR) is 66.6 cm³/mol. The van der Waals surface area contributed by atoms with E-state index in [0.29, 0.717) is 5.92 Å². The van der Waals surface area contributed by atoms with Crippen LogP contribution in [0.1, 0.15) is 33.1 Å². The van der Waals surface area contributed by atoms with Gasteiger partial charge >= 0.3 is 0 Å². The average molecular weight is 240 g/mol. The molecule has 4 heteroatoms. The van der Waals surface area contributed by atoms with Crippen LogP contribution in [0.3, 0.4) is 0 Å². The van der Waals surface area contributed by atoms with Gasteiger partial charge in [0, 0.05) is 13.1 Å². The van der Waals surface area contributed by atoms with Gasteiger partial charge in [0.2, 0.25) is 5.91 Å². The molecule has 2 aliphatic heterocycles. The molecule has 3 atom stereocenters. The predicted octanol–water partition coefficient (Wildman–Crippen LogP) is 0.605. The molecule has 2 aliphatic rings. The number of rotatable bonds is 2. The van der Waals surface area contributed by atoms with Crippen molar-refractivity contribution in [1.29, 1.82) is 0 Å². The van der Waals surface area contributed by atoms with Crippen molar-refractivity contribution in [3.63, 3.8) is 0 Å². The maximum Gasteiger partial charge on any atom is 0.230 e. The summed E-state index contributed by atoms with van der Waals surface area (Å²) in [7, 11) is 0. The van der Waals surface area contributed by atoms with Crippen LogP contribution >= 0.6 is 0 Å². The topological polar surface area (TPSA) is 52.6 Å². The lowest BCUT2D eigenvalue weighted by Gasteiger charge is -2.38. The number of carbonyl (C=O) groups excluding carboxylic acids is 1. The smallest absolute Gasteiger partial charge is 0.230 e. The summed E-state index contributed by atoms with van der Waals surface area (Å²) in [5.74, 6) is 0.650. The molecule has 0 radical (unpaired) electrons. The van der Waals surface area contributed by atoms with Crippen LogP contribution in [0, 0.1) is 11.3 Å². The summed E-state index contributed by atoms with van der Waals surface area (Å²) in [6.45, 7) is 6.86. The van der Waals surface area contributed by atoms with E-state index in [9.17, 15) is 9.90 Å². The van der Waals surface area contributed by atoms with Gasteiger partial charge in [-0.1, -0.05) is 6.92 Å². The fourth-order valence-electron chi connectivity index (χ4n) is 3.12. The van der Waals surface area contributed by atoms with Crippen LogP contribution in [-0.2, 0) is 4.79 Å². The van der Waals surface area contributed by atoms with E-state index in [1.54, 1.807) is 0 Å². The molecule has 2 heterocycles. The van der Waals surface area contributed by atoms with Crippen LogP contribution in [0.25, 0.3) is 0 Å². The highest BCUT2D eigenvalue weighted by atomic mass is 16.3. The molecule has 17 heavy (non-hydrogen) atoms. The van der Waals surface area contributed by atoms with E-state index in [-0.39, 0.29) is 24.0 Å². The van der Waals surface area contributed by atoms with Gasteiger partial charge in [-0.2, -0.15) is 0 Å². The van der Waals surface area contributed by atoms with E-state index in [1.165, 1.54) is 0 Å². The van der Waals surface area contributed by atoms with Crippen LogP contribution < -0.4 is 5.32 Å². The zero-order valence-corrected chi connectivity index (χ0v) is 10.9. The molecule has 98 valence electrons. The van der Waals surface area contributed by atoms with E-state index in [4.69, 9.17) is 0 Å². The monoisotopic (exact) mass is 240 g/mol. The molecule has 0 bridgehead atoms. The van der Waals surface area contributed by atoms with E-state index < -0.39 is 0 Å².